The van der Waals surface area contributed by atoms with Crippen LogP contribution < -0.4 is 5.32 Å². The molecule has 1 amide bonds. The molecule has 4 aromatic rings. The molecule has 4 nitrogen and oxygen atoms in total. The summed E-state index contributed by atoms with van der Waals surface area (Å²) in [5.41, 5.74) is 5.95. The molecule has 0 fully saturated rings. The van der Waals surface area contributed by atoms with Gasteiger partial charge >= 0.3 is 0 Å². The largest absolute Gasteiger partial charge is 0.351 e. The summed E-state index contributed by atoms with van der Waals surface area (Å²) in [6.07, 6.45) is 2.75. The van der Waals surface area contributed by atoms with Crippen LogP contribution in [0.1, 0.15) is 26.6 Å². The minimum atomic E-state index is 0.00277. The third-order valence-corrected chi connectivity index (χ3v) is 6.25. The SMILES string of the molecule is O=C(NCCc1nc2ccccc2[nH]1)c1cc2c(s1)-c1ccccc1CC2. The number of carbonyl (C=O) groups is 1. The number of carbonyl (C=O) groups excluding carboxylic acids is 1. The summed E-state index contributed by atoms with van der Waals surface area (Å²) in [4.78, 5) is 22.5. The predicted octanol–water partition coefficient (Wildman–Crippen LogP) is 4.36. The van der Waals surface area contributed by atoms with E-state index in [-0.39, 0.29) is 5.91 Å². The number of amides is 1. The Balaban J connectivity index is 1.28. The Morgan fingerprint density at radius 1 is 1.07 bits per heavy atom. The number of aromatic nitrogens is 2. The van der Waals surface area contributed by atoms with Crippen LogP contribution in [0.15, 0.2) is 54.6 Å². The molecule has 0 unspecified atom stereocenters. The van der Waals surface area contributed by atoms with E-state index < -0.39 is 0 Å². The molecule has 27 heavy (non-hydrogen) atoms. The Morgan fingerprint density at radius 3 is 2.81 bits per heavy atom. The lowest BCUT2D eigenvalue weighted by Gasteiger charge is -2.15. The number of imidazole rings is 1. The molecule has 5 rings (SSSR count). The second-order valence-electron chi connectivity index (χ2n) is 6.83. The molecular formula is C22H19N3OS. The Kier molecular flexibility index (Phi) is 4.02. The summed E-state index contributed by atoms with van der Waals surface area (Å²) >= 11 is 1.60. The van der Waals surface area contributed by atoms with Crippen LogP contribution in [-0.4, -0.2) is 22.4 Å². The number of thiophene rings is 1. The fourth-order valence-corrected chi connectivity index (χ4v) is 4.88. The number of aryl methyl sites for hydroxylation is 2. The highest BCUT2D eigenvalue weighted by atomic mass is 32.1. The van der Waals surface area contributed by atoms with E-state index in [4.69, 9.17) is 0 Å². The maximum atomic E-state index is 12.6. The van der Waals surface area contributed by atoms with E-state index in [1.54, 1.807) is 11.3 Å². The monoisotopic (exact) mass is 373 g/mol. The lowest BCUT2D eigenvalue weighted by atomic mass is 9.91. The molecule has 0 saturated heterocycles. The van der Waals surface area contributed by atoms with Crippen molar-refractivity contribution in [1.82, 2.24) is 15.3 Å². The highest BCUT2D eigenvalue weighted by Crippen LogP contribution is 2.39. The van der Waals surface area contributed by atoms with Crippen molar-refractivity contribution in [3.63, 3.8) is 0 Å². The zero-order valence-electron chi connectivity index (χ0n) is 14.8. The van der Waals surface area contributed by atoms with Crippen molar-refractivity contribution in [3.05, 3.63) is 76.4 Å². The molecule has 1 aliphatic carbocycles. The van der Waals surface area contributed by atoms with Gasteiger partial charge in [-0.05, 0) is 47.7 Å². The summed E-state index contributed by atoms with van der Waals surface area (Å²) in [7, 11) is 0. The van der Waals surface area contributed by atoms with Crippen LogP contribution in [0.25, 0.3) is 21.5 Å². The number of hydrogen-bond acceptors (Lipinski definition) is 3. The summed E-state index contributed by atoms with van der Waals surface area (Å²) < 4.78 is 0. The molecule has 2 aromatic heterocycles. The van der Waals surface area contributed by atoms with Crippen molar-refractivity contribution < 1.29 is 4.79 Å². The van der Waals surface area contributed by atoms with Gasteiger partial charge in [0.05, 0.1) is 15.9 Å². The third-order valence-electron chi connectivity index (χ3n) is 5.04. The number of H-pyrrole nitrogens is 1. The Morgan fingerprint density at radius 2 is 1.89 bits per heavy atom. The van der Waals surface area contributed by atoms with Gasteiger partial charge in [-0.3, -0.25) is 4.79 Å². The summed E-state index contributed by atoms with van der Waals surface area (Å²) in [5.74, 6) is 0.902. The van der Waals surface area contributed by atoms with Gasteiger partial charge in [0.2, 0.25) is 0 Å². The molecule has 0 saturated carbocycles. The van der Waals surface area contributed by atoms with Gasteiger partial charge in [0, 0.05) is 17.8 Å². The number of nitrogens with one attached hydrogen (secondary N) is 2. The zero-order valence-corrected chi connectivity index (χ0v) is 15.6. The van der Waals surface area contributed by atoms with Crippen LogP contribution in [0.2, 0.25) is 0 Å². The fourth-order valence-electron chi connectivity index (χ4n) is 3.69. The molecule has 0 atom stereocenters. The van der Waals surface area contributed by atoms with E-state index in [0.29, 0.717) is 13.0 Å². The number of nitrogens with zero attached hydrogens (tertiary/aromatic N) is 1. The second-order valence-corrected chi connectivity index (χ2v) is 7.88. The first kappa shape index (κ1) is 16.3. The van der Waals surface area contributed by atoms with Gasteiger partial charge in [-0.1, -0.05) is 36.4 Å². The van der Waals surface area contributed by atoms with Crippen LogP contribution in [0.5, 0.6) is 0 Å². The Hall–Kier alpha value is -2.92. The molecule has 0 spiro atoms. The van der Waals surface area contributed by atoms with Crippen molar-refractivity contribution in [3.8, 4) is 10.4 Å². The standard InChI is InChI=1S/C22H19N3OS/c26-22(23-12-11-20-24-17-7-3-4-8-18(17)25-20)19-13-15-10-9-14-5-1-2-6-16(14)21(15)27-19/h1-8,13H,9-12H2,(H,23,26)(H,24,25). The minimum Gasteiger partial charge on any atom is -0.351 e. The zero-order chi connectivity index (χ0) is 18.2. The minimum absolute atomic E-state index is 0.00277. The van der Waals surface area contributed by atoms with E-state index in [1.165, 1.54) is 21.6 Å². The fraction of sp³-hybridized carbons (Fsp3) is 0.182. The first-order valence-electron chi connectivity index (χ1n) is 9.21. The molecule has 5 heteroatoms. The smallest absolute Gasteiger partial charge is 0.261 e. The second kappa shape index (κ2) is 6.67. The van der Waals surface area contributed by atoms with Gasteiger partial charge in [-0.2, -0.15) is 0 Å². The summed E-state index contributed by atoms with van der Waals surface area (Å²) in [6, 6.07) is 18.5. The molecule has 2 N–H and O–H groups in total. The summed E-state index contributed by atoms with van der Waals surface area (Å²) in [6.45, 7) is 0.567. The first-order chi connectivity index (χ1) is 13.3. The van der Waals surface area contributed by atoms with Crippen molar-refractivity contribution in [2.45, 2.75) is 19.3 Å². The number of para-hydroxylation sites is 2. The predicted molar refractivity (Wildman–Crippen MR) is 109 cm³/mol. The topological polar surface area (TPSA) is 57.8 Å². The highest BCUT2D eigenvalue weighted by molar-refractivity contribution is 7.17. The van der Waals surface area contributed by atoms with Gasteiger partial charge in [-0.25, -0.2) is 4.98 Å². The van der Waals surface area contributed by atoms with Crippen LogP contribution in [0.3, 0.4) is 0 Å². The number of aromatic amines is 1. The van der Waals surface area contributed by atoms with Crippen molar-refractivity contribution >= 4 is 28.3 Å². The van der Waals surface area contributed by atoms with Crippen molar-refractivity contribution in [2.24, 2.45) is 0 Å². The van der Waals surface area contributed by atoms with Crippen LogP contribution in [0.4, 0.5) is 0 Å². The maximum Gasteiger partial charge on any atom is 0.261 e. The molecule has 134 valence electrons. The molecule has 0 aliphatic heterocycles. The first-order valence-corrected chi connectivity index (χ1v) is 10.0. The summed E-state index contributed by atoms with van der Waals surface area (Å²) in [5, 5.41) is 3.04. The average Bonchev–Trinajstić information content (AvgIpc) is 3.31. The van der Waals surface area contributed by atoms with Crippen molar-refractivity contribution in [1.29, 1.82) is 0 Å². The van der Waals surface area contributed by atoms with E-state index in [2.05, 4.69) is 45.6 Å². The van der Waals surface area contributed by atoms with Crippen LogP contribution in [-0.2, 0) is 19.3 Å². The van der Waals surface area contributed by atoms with Crippen LogP contribution in [0, 0.1) is 0 Å². The molecule has 0 bridgehead atoms. The number of benzene rings is 2. The maximum absolute atomic E-state index is 12.6. The molecule has 2 aromatic carbocycles. The number of fused-ring (bicyclic) bond motifs is 4. The number of hydrogen-bond donors (Lipinski definition) is 2. The van der Waals surface area contributed by atoms with Gasteiger partial charge in [0.25, 0.3) is 5.91 Å². The Bertz CT molecular complexity index is 1110. The average molecular weight is 373 g/mol. The normalized spacial score (nSPS) is 12.6. The van der Waals surface area contributed by atoms with Gasteiger partial charge < -0.3 is 10.3 Å². The van der Waals surface area contributed by atoms with Gasteiger partial charge in [-0.15, -0.1) is 11.3 Å². The Labute approximate surface area is 161 Å². The van der Waals surface area contributed by atoms with Crippen LogP contribution >= 0.6 is 11.3 Å². The van der Waals surface area contributed by atoms with E-state index >= 15 is 0 Å². The lowest BCUT2D eigenvalue weighted by molar-refractivity contribution is 0.0958. The molecule has 0 radical (unpaired) electrons. The van der Waals surface area contributed by atoms with Gasteiger partial charge in [0.15, 0.2) is 0 Å². The van der Waals surface area contributed by atoms with Gasteiger partial charge in [0.1, 0.15) is 5.82 Å². The van der Waals surface area contributed by atoms with Crippen molar-refractivity contribution in [2.75, 3.05) is 6.54 Å². The molecular weight excluding hydrogens is 354 g/mol. The van der Waals surface area contributed by atoms with E-state index in [1.807, 2.05) is 24.3 Å². The number of rotatable bonds is 4. The third kappa shape index (κ3) is 3.04. The quantitative estimate of drug-likeness (QED) is 0.558. The van der Waals surface area contributed by atoms with E-state index in [0.717, 1.165) is 34.6 Å². The molecule has 2 heterocycles. The molecule has 1 aliphatic rings. The highest BCUT2D eigenvalue weighted by Gasteiger charge is 2.21. The van der Waals surface area contributed by atoms with E-state index in [9.17, 15) is 4.79 Å². The lowest BCUT2D eigenvalue weighted by Crippen LogP contribution is -2.25.